The van der Waals surface area contributed by atoms with E-state index in [9.17, 15) is 4.79 Å². The molecule has 0 saturated carbocycles. The number of halogens is 1. The Hall–Kier alpha value is -1.19. The van der Waals surface area contributed by atoms with Gasteiger partial charge in [-0.05, 0) is 15.9 Å². The van der Waals surface area contributed by atoms with Crippen LogP contribution in [0.5, 0.6) is 0 Å². The summed E-state index contributed by atoms with van der Waals surface area (Å²) in [5.74, 6) is 2.08. The molecule has 1 heterocycles. The molecule has 1 unspecified atom stereocenters. The first-order valence-corrected chi connectivity index (χ1v) is 4.65. The summed E-state index contributed by atoms with van der Waals surface area (Å²) in [6.07, 6.45) is 5.27. The molecule has 0 bridgehead atoms. The van der Waals surface area contributed by atoms with Crippen LogP contribution in [0.1, 0.15) is 16.9 Å². The van der Waals surface area contributed by atoms with Crippen molar-refractivity contribution in [3.63, 3.8) is 0 Å². The van der Waals surface area contributed by atoms with E-state index in [2.05, 4.69) is 32.2 Å². The second-order valence-corrected chi connectivity index (χ2v) is 3.48. The van der Waals surface area contributed by atoms with Crippen LogP contribution in [0, 0.1) is 12.3 Å². The predicted molar refractivity (Wildman–Crippen MR) is 54.5 cm³/mol. The number of nitrogens with two attached hydrogens (primary N) is 1. The third-order valence-electron chi connectivity index (χ3n) is 1.69. The maximum absolute atomic E-state index is 11.7. The van der Waals surface area contributed by atoms with Crippen molar-refractivity contribution >= 4 is 21.7 Å². The molecule has 0 fully saturated rings. The molecule has 14 heavy (non-hydrogen) atoms. The van der Waals surface area contributed by atoms with Crippen molar-refractivity contribution < 1.29 is 4.79 Å². The van der Waals surface area contributed by atoms with E-state index in [0.717, 1.165) is 0 Å². The Bertz CT molecular complexity index is 373. The molecular weight excluding hydrogens is 248 g/mol. The van der Waals surface area contributed by atoms with Gasteiger partial charge in [0, 0.05) is 13.5 Å². The van der Waals surface area contributed by atoms with Crippen LogP contribution in [0.15, 0.2) is 4.60 Å². The highest BCUT2D eigenvalue weighted by Crippen LogP contribution is 2.13. The average molecular weight is 257 g/mol. The van der Waals surface area contributed by atoms with Crippen LogP contribution < -0.4 is 5.73 Å². The number of carbonyl (C=O) groups is 1. The Morgan fingerprint density at radius 3 is 2.93 bits per heavy atom. The second kappa shape index (κ2) is 4.35. The quantitative estimate of drug-likeness (QED) is 0.616. The van der Waals surface area contributed by atoms with Crippen LogP contribution in [0.3, 0.4) is 0 Å². The monoisotopic (exact) mass is 256 g/mol. The van der Waals surface area contributed by atoms with Crippen LogP contribution in [-0.4, -0.2) is 26.8 Å². The van der Waals surface area contributed by atoms with E-state index in [1.807, 2.05) is 0 Å². The van der Waals surface area contributed by atoms with Gasteiger partial charge in [0.1, 0.15) is 5.69 Å². The Kier molecular flexibility index (Phi) is 3.38. The van der Waals surface area contributed by atoms with Crippen molar-refractivity contribution in [2.24, 2.45) is 12.8 Å². The minimum atomic E-state index is -0.700. The lowest BCUT2D eigenvalue weighted by Crippen LogP contribution is -2.31. The lowest BCUT2D eigenvalue weighted by atomic mass is 10.1. The predicted octanol–water partition coefficient (Wildman–Crippen LogP) is 0.111. The summed E-state index contributed by atoms with van der Waals surface area (Å²) in [6, 6.07) is -0.700. The topological polar surface area (TPSA) is 73.8 Å². The van der Waals surface area contributed by atoms with Crippen LogP contribution in [-0.2, 0) is 7.05 Å². The first-order valence-electron chi connectivity index (χ1n) is 3.86. The summed E-state index contributed by atoms with van der Waals surface area (Å²) in [5, 5.41) is 7.35. The zero-order chi connectivity index (χ0) is 10.7. The number of terminal acetylenes is 1. The normalized spacial score (nSPS) is 12.1. The van der Waals surface area contributed by atoms with E-state index in [0.29, 0.717) is 10.3 Å². The van der Waals surface area contributed by atoms with Crippen LogP contribution in [0.25, 0.3) is 0 Å². The van der Waals surface area contributed by atoms with Gasteiger partial charge in [-0.15, -0.1) is 17.4 Å². The van der Waals surface area contributed by atoms with Crippen molar-refractivity contribution in [1.29, 1.82) is 0 Å². The van der Waals surface area contributed by atoms with E-state index in [4.69, 9.17) is 12.2 Å². The standard InChI is InChI=1S/C8H9BrN4O/c1-3-4-5(10)7(14)6-8(9)11-12-13(6)2/h1,5H,4,10H2,2H3. The molecule has 0 aromatic carbocycles. The van der Waals surface area contributed by atoms with E-state index in [1.54, 1.807) is 7.05 Å². The number of carbonyl (C=O) groups excluding carboxylic acids is 1. The molecule has 1 atom stereocenters. The number of hydrogen-bond acceptors (Lipinski definition) is 4. The molecular formula is C8H9BrN4O. The average Bonchev–Trinajstić information content (AvgIpc) is 2.46. The lowest BCUT2D eigenvalue weighted by Gasteiger charge is -2.06. The molecule has 0 aliphatic heterocycles. The third kappa shape index (κ3) is 2.00. The molecule has 1 rings (SSSR count). The fourth-order valence-electron chi connectivity index (χ4n) is 0.988. The molecule has 1 aromatic heterocycles. The number of rotatable bonds is 3. The highest BCUT2D eigenvalue weighted by atomic mass is 79.9. The molecule has 2 N–H and O–H groups in total. The molecule has 0 aliphatic rings. The van der Waals surface area contributed by atoms with Crippen LogP contribution in [0.4, 0.5) is 0 Å². The van der Waals surface area contributed by atoms with Gasteiger partial charge in [0.25, 0.3) is 0 Å². The Labute approximate surface area is 89.8 Å². The summed E-state index contributed by atoms with van der Waals surface area (Å²) < 4.78 is 1.75. The fourth-order valence-corrected chi connectivity index (χ4v) is 1.51. The summed E-state index contributed by atoms with van der Waals surface area (Å²) in [7, 11) is 1.62. The van der Waals surface area contributed by atoms with Crippen molar-refractivity contribution in [2.45, 2.75) is 12.5 Å². The molecule has 0 saturated heterocycles. The van der Waals surface area contributed by atoms with Crippen LogP contribution >= 0.6 is 15.9 Å². The zero-order valence-corrected chi connectivity index (χ0v) is 9.15. The maximum atomic E-state index is 11.7. The maximum Gasteiger partial charge on any atom is 0.201 e. The molecule has 0 aliphatic carbocycles. The van der Waals surface area contributed by atoms with Gasteiger partial charge in [0.15, 0.2) is 4.60 Å². The molecule has 5 nitrogen and oxygen atoms in total. The molecule has 1 aromatic rings. The van der Waals surface area contributed by atoms with Gasteiger partial charge in [0.2, 0.25) is 5.78 Å². The first-order chi connectivity index (χ1) is 6.57. The van der Waals surface area contributed by atoms with E-state index in [1.165, 1.54) is 4.68 Å². The summed E-state index contributed by atoms with van der Waals surface area (Å²) in [4.78, 5) is 11.7. The van der Waals surface area contributed by atoms with Gasteiger partial charge < -0.3 is 5.73 Å². The number of hydrogen-bond donors (Lipinski definition) is 1. The first kappa shape index (κ1) is 10.9. The summed E-state index contributed by atoms with van der Waals surface area (Å²) in [6.45, 7) is 0. The molecule has 0 radical (unpaired) electrons. The fraction of sp³-hybridized carbons (Fsp3) is 0.375. The minimum absolute atomic E-state index is 0.205. The largest absolute Gasteiger partial charge is 0.320 e. The smallest absolute Gasteiger partial charge is 0.201 e. The third-order valence-corrected chi connectivity index (χ3v) is 2.23. The van der Waals surface area contributed by atoms with Gasteiger partial charge in [-0.2, -0.15) is 0 Å². The molecule has 74 valence electrons. The number of aryl methyl sites for hydroxylation is 1. The summed E-state index contributed by atoms with van der Waals surface area (Å²) >= 11 is 3.11. The molecule has 0 amide bonds. The van der Waals surface area contributed by atoms with Gasteiger partial charge >= 0.3 is 0 Å². The number of nitrogens with zero attached hydrogens (tertiary/aromatic N) is 3. The highest BCUT2D eigenvalue weighted by Gasteiger charge is 2.22. The van der Waals surface area contributed by atoms with E-state index >= 15 is 0 Å². The van der Waals surface area contributed by atoms with Crippen molar-refractivity contribution in [3.8, 4) is 12.3 Å². The molecule has 6 heteroatoms. The van der Waals surface area contributed by atoms with Gasteiger partial charge in [-0.3, -0.25) is 4.79 Å². The van der Waals surface area contributed by atoms with E-state index < -0.39 is 6.04 Å². The van der Waals surface area contributed by atoms with Gasteiger partial charge in [-0.1, -0.05) is 5.21 Å². The second-order valence-electron chi connectivity index (χ2n) is 2.73. The van der Waals surface area contributed by atoms with Crippen molar-refractivity contribution in [3.05, 3.63) is 10.3 Å². The highest BCUT2D eigenvalue weighted by molar-refractivity contribution is 9.10. The lowest BCUT2D eigenvalue weighted by molar-refractivity contribution is 0.0953. The number of Topliss-reactive ketones (excluding diaryl/α,β-unsaturated/α-hetero) is 1. The van der Waals surface area contributed by atoms with Gasteiger partial charge in [-0.25, -0.2) is 4.68 Å². The van der Waals surface area contributed by atoms with Crippen molar-refractivity contribution in [2.75, 3.05) is 0 Å². The Balaban J connectivity index is 2.95. The van der Waals surface area contributed by atoms with Crippen LogP contribution in [0.2, 0.25) is 0 Å². The number of ketones is 1. The van der Waals surface area contributed by atoms with E-state index in [-0.39, 0.29) is 12.2 Å². The molecule has 0 spiro atoms. The Morgan fingerprint density at radius 1 is 1.86 bits per heavy atom. The van der Waals surface area contributed by atoms with Crippen molar-refractivity contribution in [1.82, 2.24) is 15.0 Å². The summed E-state index contributed by atoms with van der Waals surface area (Å²) in [5.41, 5.74) is 5.92. The SMILES string of the molecule is C#CCC(N)C(=O)c1c(Br)nnn1C. The Morgan fingerprint density at radius 2 is 2.50 bits per heavy atom. The number of aromatic nitrogens is 3. The minimum Gasteiger partial charge on any atom is -0.320 e. The zero-order valence-electron chi connectivity index (χ0n) is 7.57. The van der Waals surface area contributed by atoms with Gasteiger partial charge in [0.05, 0.1) is 6.04 Å².